The van der Waals surface area contributed by atoms with Gasteiger partial charge in [-0.2, -0.15) is 44.8 Å². The number of alkyl halides is 10. The number of rotatable bonds is 6. The van der Waals surface area contributed by atoms with Gasteiger partial charge in [-0.15, -0.1) is 0 Å². The third-order valence-electron chi connectivity index (χ3n) is 6.12. The van der Waals surface area contributed by atoms with Gasteiger partial charge < -0.3 is 5.32 Å². The number of hydrogen-bond donors (Lipinski definition) is 1. The number of nitriles is 1. The van der Waals surface area contributed by atoms with Gasteiger partial charge in [0, 0.05) is 15.6 Å². The molecule has 0 spiro atoms. The standard InChI is InChI=1S/C28H13BrF11N3O3/c1-2-20(44)43(22-17(26(32,33)34)10-15(11-18(22)29)25(31,27(35,36)37)28(38,39)40)24(46)16-4-3-5-19(21(16)30)42-23(45)14-8-6-13(12-41)7-9-14/h2-11H,1H2,(H,42,45). The van der Waals surface area contributed by atoms with Crippen molar-refractivity contribution < 1.29 is 62.7 Å². The van der Waals surface area contributed by atoms with E-state index in [0.717, 1.165) is 12.1 Å². The van der Waals surface area contributed by atoms with Gasteiger partial charge in [-0.25, -0.2) is 13.7 Å². The number of carbonyl (C=O) groups excluding carboxylic acids is 3. The van der Waals surface area contributed by atoms with E-state index >= 15 is 4.39 Å². The fourth-order valence-corrected chi connectivity index (χ4v) is 4.57. The van der Waals surface area contributed by atoms with E-state index < -0.39 is 91.2 Å². The van der Waals surface area contributed by atoms with Crippen molar-refractivity contribution in [3.05, 3.63) is 105 Å². The van der Waals surface area contributed by atoms with Gasteiger partial charge in [0.1, 0.15) is 0 Å². The SMILES string of the molecule is C=CC(=O)N(C(=O)c1cccc(NC(=O)c2ccc(C#N)cc2)c1F)c1c(Br)cc(C(F)(C(F)(F)F)C(F)(F)F)cc1C(F)(F)F. The molecule has 0 saturated heterocycles. The highest BCUT2D eigenvalue weighted by molar-refractivity contribution is 9.10. The molecule has 242 valence electrons. The maximum atomic E-state index is 15.5. The molecule has 3 amide bonds. The number of hydrogen-bond acceptors (Lipinski definition) is 4. The number of anilines is 2. The summed E-state index contributed by atoms with van der Waals surface area (Å²) >= 11 is 2.30. The minimum absolute atomic E-state index is 0.112. The minimum Gasteiger partial charge on any atom is -0.319 e. The second kappa shape index (κ2) is 12.5. The van der Waals surface area contributed by atoms with Gasteiger partial charge in [-0.3, -0.25) is 14.4 Å². The van der Waals surface area contributed by atoms with E-state index in [1.165, 1.54) is 24.3 Å². The van der Waals surface area contributed by atoms with Gasteiger partial charge in [0.15, 0.2) is 5.82 Å². The molecule has 0 aromatic heterocycles. The lowest BCUT2D eigenvalue weighted by Crippen LogP contribution is -2.50. The van der Waals surface area contributed by atoms with Gasteiger partial charge in [-0.1, -0.05) is 12.6 Å². The molecule has 46 heavy (non-hydrogen) atoms. The molecule has 0 bridgehead atoms. The smallest absolute Gasteiger partial charge is 0.319 e. The van der Waals surface area contributed by atoms with Crippen molar-refractivity contribution in [1.82, 2.24) is 0 Å². The van der Waals surface area contributed by atoms with Crippen molar-refractivity contribution in [2.24, 2.45) is 0 Å². The molecule has 3 aromatic rings. The Bertz CT molecular complexity index is 1750. The zero-order valence-electron chi connectivity index (χ0n) is 22.1. The number of imide groups is 1. The van der Waals surface area contributed by atoms with Crippen LogP contribution in [0, 0.1) is 17.1 Å². The summed E-state index contributed by atoms with van der Waals surface area (Å²) in [4.78, 5) is 38.3. The Morgan fingerprint density at radius 2 is 1.46 bits per heavy atom. The molecular formula is C28H13BrF11N3O3. The Kier molecular flexibility index (Phi) is 9.73. The Balaban J connectivity index is 2.22. The molecule has 0 aliphatic heterocycles. The quantitative estimate of drug-likeness (QED) is 0.204. The summed E-state index contributed by atoms with van der Waals surface area (Å²) in [6.45, 7) is 2.98. The Morgan fingerprint density at radius 1 is 0.891 bits per heavy atom. The summed E-state index contributed by atoms with van der Waals surface area (Å²) in [6.07, 6.45) is -19.4. The van der Waals surface area contributed by atoms with Gasteiger partial charge in [0.25, 0.3) is 17.7 Å². The monoisotopic (exact) mass is 727 g/mol. The van der Waals surface area contributed by atoms with Crippen LogP contribution >= 0.6 is 15.9 Å². The Labute approximate surface area is 258 Å². The highest BCUT2D eigenvalue weighted by Gasteiger charge is 2.73. The molecule has 0 fully saturated rings. The van der Waals surface area contributed by atoms with Crippen molar-refractivity contribution >= 4 is 45.0 Å². The number of nitrogens with one attached hydrogen (secondary N) is 1. The van der Waals surface area contributed by atoms with Crippen LogP contribution in [0.15, 0.2) is 71.7 Å². The molecule has 3 aromatic carbocycles. The molecular weight excluding hydrogens is 715 g/mol. The highest BCUT2D eigenvalue weighted by Crippen LogP contribution is 2.55. The van der Waals surface area contributed by atoms with E-state index in [0.29, 0.717) is 6.07 Å². The zero-order chi connectivity index (χ0) is 35.0. The fraction of sp³-hybridized carbons (Fsp3) is 0.143. The molecule has 6 nitrogen and oxygen atoms in total. The third kappa shape index (κ3) is 6.59. The molecule has 0 unspecified atom stereocenters. The number of amides is 3. The van der Waals surface area contributed by atoms with Gasteiger partial charge in [0.2, 0.25) is 0 Å². The lowest BCUT2D eigenvalue weighted by atomic mass is 9.91. The largest absolute Gasteiger partial charge is 0.435 e. The first-order valence-electron chi connectivity index (χ1n) is 11.9. The topological polar surface area (TPSA) is 90.3 Å². The van der Waals surface area contributed by atoms with Gasteiger partial charge in [0.05, 0.1) is 34.1 Å². The van der Waals surface area contributed by atoms with Gasteiger partial charge >= 0.3 is 24.2 Å². The van der Waals surface area contributed by atoms with Crippen molar-refractivity contribution in [1.29, 1.82) is 5.26 Å². The van der Waals surface area contributed by atoms with Crippen LogP contribution in [0.1, 0.15) is 37.4 Å². The predicted octanol–water partition coefficient (Wildman–Crippen LogP) is 8.38. The zero-order valence-corrected chi connectivity index (χ0v) is 23.7. The van der Waals surface area contributed by atoms with Crippen molar-refractivity contribution in [2.45, 2.75) is 24.2 Å². The van der Waals surface area contributed by atoms with Crippen LogP contribution in [0.3, 0.4) is 0 Å². The molecule has 0 aliphatic carbocycles. The van der Waals surface area contributed by atoms with E-state index in [2.05, 4.69) is 27.8 Å². The highest BCUT2D eigenvalue weighted by atomic mass is 79.9. The maximum absolute atomic E-state index is 15.5. The molecule has 0 saturated carbocycles. The summed E-state index contributed by atoms with van der Waals surface area (Å²) in [6, 6.07) is 7.80. The Morgan fingerprint density at radius 3 is 1.93 bits per heavy atom. The van der Waals surface area contributed by atoms with E-state index in [1.54, 1.807) is 6.07 Å². The first-order chi connectivity index (χ1) is 21.1. The van der Waals surface area contributed by atoms with E-state index in [-0.39, 0.29) is 23.3 Å². The second-order valence-electron chi connectivity index (χ2n) is 9.00. The average Bonchev–Trinajstić information content (AvgIpc) is 2.96. The first kappa shape index (κ1) is 35.7. The van der Waals surface area contributed by atoms with Gasteiger partial charge in [-0.05, 0) is 70.5 Å². The fourth-order valence-electron chi connectivity index (χ4n) is 3.94. The average molecular weight is 728 g/mol. The van der Waals surface area contributed by atoms with Crippen LogP contribution in [0.25, 0.3) is 0 Å². The molecule has 0 heterocycles. The summed E-state index contributed by atoms with van der Waals surface area (Å²) in [7, 11) is 0. The van der Waals surface area contributed by atoms with E-state index in [4.69, 9.17) is 5.26 Å². The van der Waals surface area contributed by atoms with Crippen LogP contribution in [0.2, 0.25) is 0 Å². The van der Waals surface area contributed by atoms with Crippen LogP contribution in [0.4, 0.5) is 59.7 Å². The molecule has 18 heteroatoms. The molecule has 0 atom stereocenters. The number of benzene rings is 3. The summed E-state index contributed by atoms with van der Waals surface area (Å²) in [5.41, 5.74) is -15.1. The molecule has 0 aliphatic rings. The molecule has 1 N–H and O–H groups in total. The number of carbonyl (C=O) groups is 3. The predicted molar refractivity (Wildman–Crippen MR) is 142 cm³/mol. The second-order valence-corrected chi connectivity index (χ2v) is 9.85. The first-order valence-corrected chi connectivity index (χ1v) is 12.7. The van der Waals surface area contributed by atoms with Crippen LogP contribution < -0.4 is 10.2 Å². The van der Waals surface area contributed by atoms with E-state index in [9.17, 15) is 58.3 Å². The summed E-state index contributed by atoms with van der Waals surface area (Å²) < 4.78 is 151. The van der Waals surface area contributed by atoms with Crippen molar-refractivity contribution in [2.75, 3.05) is 10.2 Å². The lowest BCUT2D eigenvalue weighted by Gasteiger charge is -2.32. The normalized spacial score (nSPS) is 12.2. The molecule has 0 radical (unpaired) electrons. The molecule has 3 rings (SSSR count). The van der Waals surface area contributed by atoms with Crippen molar-refractivity contribution in [3.63, 3.8) is 0 Å². The number of halogens is 12. The third-order valence-corrected chi connectivity index (χ3v) is 6.73. The summed E-state index contributed by atoms with van der Waals surface area (Å²) in [5, 5.41) is 10.9. The van der Waals surface area contributed by atoms with Crippen LogP contribution in [0.5, 0.6) is 0 Å². The Hall–Kier alpha value is -4.79. The van der Waals surface area contributed by atoms with Crippen molar-refractivity contribution in [3.8, 4) is 6.07 Å². The summed E-state index contributed by atoms with van der Waals surface area (Å²) in [5.74, 6) is -6.34. The van der Waals surface area contributed by atoms with E-state index in [1.807, 2.05) is 0 Å². The minimum atomic E-state index is -6.83. The van der Waals surface area contributed by atoms with Crippen LogP contribution in [-0.2, 0) is 16.6 Å². The van der Waals surface area contributed by atoms with Crippen LogP contribution in [-0.4, -0.2) is 30.1 Å². The lowest BCUT2D eigenvalue weighted by molar-refractivity contribution is -0.348. The maximum Gasteiger partial charge on any atom is 0.435 e. The number of nitrogens with zero attached hydrogens (tertiary/aromatic N) is 2.